The maximum atomic E-state index is 12.3. The number of aliphatic carboxylic acids is 2. The van der Waals surface area contributed by atoms with Crippen molar-refractivity contribution in [2.45, 2.75) is 161 Å². The van der Waals surface area contributed by atoms with Crippen molar-refractivity contribution in [1.82, 2.24) is 0 Å². The van der Waals surface area contributed by atoms with Crippen molar-refractivity contribution >= 4 is 22.1 Å². The molecule has 0 amide bonds. The van der Waals surface area contributed by atoms with Crippen LogP contribution in [0.4, 0.5) is 0 Å². The van der Waals surface area contributed by atoms with Gasteiger partial charge < -0.3 is 19.8 Å². The van der Waals surface area contributed by atoms with Crippen LogP contribution < -0.4 is 69.3 Å². The Morgan fingerprint density at radius 2 is 0.875 bits per heavy atom. The van der Waals surface area contributed by atoms with Crippen molar-refractivity contribution in [3.8, 4) is 0 Å². The molecule has 0 aromatic heterocycles. The van der Waals surface area contributed by atoms with E-state index in [0.29, 0.717) is 25.7 Å². The van der Waals surface area contributed by atoms with Crippen LogP contribution in [0.3, 0.4) is 0 Å². The summed E-state index contributed by atoms with van der Waals surface area (Å²) in [4.78, 5) is 24.0. The Hall–Kier alpha value is 0.850. The molecule has 0 aromatic carbocycles. The molecule has 0 bridgehead atoms. The minimum absolute atomic E-state index is 0. The van der Waals surface area contributed by atoms with E-state index in [1.807, 2.05) is 0 Å². The van der Waals surface area contributed by atoms with Gasteiger partial charge >= 0.3 is 59.1 Å². The number of hydrogen-bond donors (Lipinski definition) is 1. The topological polar surface area (TPSA) is 135 Å². The largest absolute Gasteiger partial charge is 1.00 e. The van der Waals surface area contributed by atoms with Crippen LogP contribution in [0.1, 0.15) is 156 Å². The number of rotatable bonds is 26. The predicted molar refractivity (Wildman–Crippen MR) is 150 cm³/mol. The van der Waals surface area contributed by atoms with Gasteiger partial charge in [-0.05, 0) is 24.7 Å². The normalized spacial score (nSPS) is 12.7. The molecule has 0 aliphatic rings. The molecular formula is C30H56Na2O7S. The zero-order valence-corrected chi connectivity index (χ0v) is 31.5. The Kier molecular flexibility index (Phi) is 29.7. The summed E-state index contributed by atoms with van der Waals surface area (Å²) < 4.78 is 33.6. The predicted octanol–water partition coefficient (Wildman–Crippen LogP) is -0.149. The molecule has 0 rings (SSSR count). The van der Waals surface area contributed by atoms with E-state index in [1.165, 1.54) is 38.5 Å². The van der Waals surface area contributed by atoms with E-state index in [1.54, 1.807) is 0 Å². The Labute approximate surface area is 290 Å². The second-order valence-corrected chi connectivity index (χ2v) is 13.7. The van der Waals surface area contributed by atoms with Crippen LogP contribution in [-0.4, -0.2) is 30.2 Å². The third kappa shape index (κ3) is 21.5. The van der Waals surface area contributed by atoms with Crippen molar-refractivity contribution in [2.24, 2.45) is 17.3 Å². The number of carbonyl (C=O) groups excluding carboxylic acids is 2. The maximum Gasteiger partial charge on any atom is 1.00 e. The standard InChI is InChI=1S/C30H58O7S.2Na/c1-25(2)21-17-13-9-5-7-11-15-19-23-30(29(33)34,27(28(31)32)38(35,36)37)24-20-16-12-8-6-10-14-18-22-26(3)4;;/h25-27H,5-24H2,1-4H3,(H,31,32)(H,33,34)(H,35,36,37);;/q;2*+1/p-2. The molecule has 0 fully saturated rings. The molecular weight excluding hydrogens is 550 g/mol. The smallest absolute Gasteiger partial charge is 0.549 e. The third-order valence-corrected chi connectivity index (χ3v) is 8.97. The average Bonchev–Trinajstić information content (AvgIpc) is 2.79. The van der Waals surface area contributed by atoms with E-state index in [-0.39, 0.29) is 72.0 Å². The first kappa shape index (κ1) is 45.3. The van der Waals surface area contributed by atoms with Crippen LogP contribution in [0, 0.1) is 17.3 Å². The first-order chi connectivity index (χ1) is 17.8. The van der Waals surface area contributed by atoms with E-state index in [9.17, 15) is 32.8 Å². The fraction of sp³-hybridized carbons (Fsp3) is 0.933. The van der Waals surface area contributed by atoms with Crippen LogP contribution >= 0.6 is 0 Å². The summed E-state index contributed by atoms with van der Waals surface area (Å²) in [6.45, 7) is 8.87. The molecule has 0 heterocycles. The van der Waals surface area contributed by atoms with Crippen molar-refractivity contribution in [3.05, 3.63) is 0 Å². The molecule has 0 aliphatic heterocycles. The summed E-state index contributed by atoms with van der Waals surface area (Å²) in [5, 5.41) is 21.5. The second-order valence-electron chi connectivity index (χ2n) is 12.2. The molecule has 0 saturated carbocycles. The zero-order chi connectivity index (χ0) is 29.0. The molecule has 40 heavy (non-hydrogen) atoms. The van der Waals surface area contributed by atoms with Gasteiger partial charge in [0.25, 0.3) is 10.1 Å². The molecule has 7 nitrogen and oxygen atoms in total. The molecule has 226 valence electrons. The molecule has 10 heteroatoms. The first-order valence-corrected chi connectivity index (χ1v) is 16.7. The SMILES string of the molecule is CC(C)CCCCCCCCCCC(CCCCCCCCCCC(C)C)(C(=O)[O-])C(C(=O)[O-])S(=O)(=O)O.[Na+].[Na+]. The van der Waals surface area contributed by atoms with Gasteiger partial charge in [-0.3, -0.25) is 4.55 Å². The van der Waals surface area contributed by atoms with Crippen LogP contribution in [0.25, 0.3) is 0 Å². The zero-order valence-electron chi connectivity index (χ0n) is 26.7. The molecule has 0 aromatic rings. The number of hydrogen-bond acceptors (Lipinski definition) is 6. The fourth-order valence-electron chi connectivity index (χ4n) is 5.44. The Bertz CT molecular complexity index is 714. The molecule has 0 radical (unpaired) electrons. The summed E-state index contributed by atoms with van der Waals surface area (Å²) >= 11 is 0. The van der Waals surface area contributed by atoms with Gasteiger partial charge in [0.1, 0.15) is 5.25 Å². The Balaban J connectivity index is -0.00000684. The minimum atomic E-state index is -5.18. The fourth-order valence-corrected chi connectivity index (χ4v) is 6.58. The van der Waals surface area contributed by atoms with E-state index >= 15 is 0 Å². The van der Waals surface area contributed by atoms with Gasteiger partial charge in [-0.25, -0.2) is 0 Å². The van der Waals surface area contributed by atoms with Gasteiger partial charge in [0.2, 0.25) is 0 Å². The van der Waals surface area contributed by atoms with Crippen LogP contribution in [0.5, 0.6) is 0 Å². The molecule has 0 spiro atoms. The van der Waals surface area contributed by atoms with Crippen LogP contribution in [0.2, 0.25) is 0 Å². The number of unbranched alkanes of at least 4 members (excludes halogenated alkanes) is 14. The molecule has 1 N–H and O–H groups in total. The van der Waals surface area contributed by atoms with Crippen molar-refractivity contribution in [1.29, 1.82) is 0 Å². The Morgan fingerprint density at radius 3 is 1.10 bits per heavy atom. The van der Waals surface area contributed by atoms with E-state index < -0.39 is 32.7 Å². The third-order valence-electron chi connectivity index (χ3n) is 7.73. The summed E-state index contributed by atoms with van der Waals surface area (Å²) in [7, 11) is -5.18. The summed E-state index contributed by atoms with van der Waals surface area (Å²) in [6.07, 6.45) is 17.3. The second kappa shape index (κ2) is 26.3. The quantitative estimate of drug-likeness (QED) is 0.0822. The van der Waals surface area contributed by atoms with E-state index in [4.69, 9.17) is 0 Å². The van der Waals surface area contributed by atoms with E-state index in [2.05, 4.69) is 27.7 Å². The van der Waals surface area contributed by atoms with Gasteiger partial charge in [-0.15, -0.1) is 0 Å². The van der Waals surface area contributed by atoms with Crippen molar-refractivity contribution in [3.63, 3.8) is 0 Å². The van der Waals surface area contributed by atoms with Crippen molar-refractivity contribution < 1.29 is 91.9 Å². The van der Waals surface area contributed by atoms with Gasteiger partial charge in [0.15, 0.2) is 0 Å². The first-order valence-electron chi connectivity index (χ1n) is 15.2. The summed E-state index contributed by atoms with van der Waals surface area (Å²) in [5.41, 5.74) is -2.19. The van der Waals surface area contributed by atoms with Gasteiger partial charge in [0.05, 0.1) is 5.97 Å². The molecule has 1 atom stereocenters. The maximum absolute atomic E-state index is 12.3. The Morgan fingerprint density at radius 1 is 0.600 bits per heavy atom. The van der Waals surface area contributed by atoms with Crippen molar-refractivity contribution in [2.75, 3.05) is 0 Å². The minimum Gasteiger partial charge on any atom is -0.549 e. The average molecular weight is 607 g/mol. The monoisotopic (exact) mass is 606 g/mol. The summed E-state index contributed by atoms with van der Waals surface area (Å²) in [6, 6.07) is 0. The van der Waals surface area contributed by atoms with Crippen LogP contribution in [-0.2, 0) is 19.7 Å². The van der Waals surface area contributed by atoms with Gasteiger partial charge in [-0.2, -0.15) is 8.42 Å². The molecule has 0 aliphatic carbocycles. The number of carboxylic acid groups (broad SMARTS) is 2. The number of carbonyl (C=O) groups is 2. The molecule has 0 saturated heterocycles. The van der Waals surface area contributed by atoms with Gasteiger partial charge in [-0.1, -0.05) is 143 Å². The van der Waals surface area contributed by atoms with E-state index in [0.717, 1.165) is 63.2 Å². The molecule has 1 unspecified atom stereocenters. The number of carboxylic acids is 2. The van der Waals surface area contributed by atoms with Gasteiger partial charge in [0, 0.05) is 11.4 Å². The summed E-state index contributed by atoms with van der Waals surface area (Å²) in [5.74, 6) is -2.38. The van der Waals surface area contributed by atoms with Crippen LogP contribution in [0.15, 0.2) is 0 Å².